The summed E-state index contributed by atoms with van der Waals surface area (Å²) in [5.41, 5.74) is 2.92. The second-order valence-corrected chi connectivity index (χ2v) is 6.57. The van der Waals surface area contributed by atoms with Gasteiger partial charge in [0.2, 0.25) is 0 Å². The number of nitrogens with one attached hydrogen (secondary N) is 1. The summed E-state index contributed by atoms with van der Waals surface area (Å²) in [4.78, 5) is 0. The van der Waals surface area contributed by atoms with Crippen molar-refractivity contribution in [3.8, 4) is 16.9 Å². The van der Waals surface area contributed by atoms with Crippen molar-refractivity contribution in [2.75, 3.05) is 19.7 Å². The van der Waals surface area contributed by atoms with E-state index in [9.17, 15) is 4.39 Å². The van der Waals surface area contributed by atoms with Crippen LogP contribution in [0.15, 0.2) is 78.9 Å². The van der Waals surface area contributed by atoms with Gasteiger partial charge < -0.3 is 14.8 Å². The van der Waals surface area contributed by atoms with Crippen LogP contribution in [-0.2, 0) is 4.74 Å². The molecule has 1 N–H and O–H groups in total. The summed E-state index contributed by atoms with van der Waals surface area (Å²) in [5.74, 6) is 0.508. The molecule has 0 spiro atoms. The SMILES string of the molecule is Fc1ccc(-c2ccccc2OC(c2ccccc2)[C@@H]2CNCCO2)cc1. The predicted molar refractivity (Wildman–Crippen MR) is 104 cm³/mol. The Morgan fingerprint density at radius 2 is 1.67 bits per heavy atom. The number of ether oxygens (including phenoxy) is 2. The van der Waals surface area contributed by atoms with Crippen molar-refractivity contribution in [3.05, 3.63) is 90.2 Å². The Hall–Kier alpha value is -2.69. The van der Waals surface area contributed by atoms with Gasteiger partial charge in [-0.15, -0.1) is 0 Å². The summed E-state index contributed by atoms with van der Waals surface area (Å²) >= 11 is 0. The molecule has 0 bridgehead atoms. The number of hydrogen-bond acceptors (Lipinski definition) is 3. The fourth-order valence-corrected chi connectivity index (χ4v) is 3.36. The molecular weight excluding hydrogens is 341 g/mol. The lowest BCUT2D eigenvalue weighted by molar-refractivity contribution is -0.0430. The molecule has 3 nitrogen and oxygen atoms in total. The smallest absolute Gasteiger partial charge is 0.151 e. The molecule has 1 unspecified atom stereocenters. The van der Waals surface area contributed by atoms with Crippen molar-refractivity contribution in [2.45, 2.75) is 12.2 Å². The highest BCUT2D eigenvalue weighted by Gasteiger charge is 2.28. The normalized spacial score (nSPS) is 18.0. The molecule has 3 aromatic carbocycles. The summed E-state index contributed by atoms with van der Waals surface area (Å²) in [6.07, 6.45) is -0.317. The van der Waals surface area contributed by atoms with Crippen LogP contribution in [0.25, 0.3) is 11.1 Å². The average Bonchev–Trinajstić information content (AvgIpc) is 2.74. The molecule has 0 radical (unpaired) electrons. The van der Waals surface area contributed by atoms with E-state index in [4.69, 9.17) is 9.47 Å². The van der Waals surface area contributed by atoms with Crippen LogP contribution in [0.3, 0.4) is 0 Å². The van der Waals surface area contributed by atoms with E-state index in [1.807, 2.05) is 42.5 Å². The molecule has 4 heteroatoms. The summed E-state index contributed by atoms with van der Waals surface area (Å²) in [5, 5.41) is 3.38. The Labute approximate surface area is 158 Å². The Kier molecular flexibility index (Phi) is 5.47. The third-order valence-electron chi connectivity index (χ3n) is 4.72. The second-order valence-electron chi connectivity index (χ2n) is 6.57. The minimum absolute atomic E-state index is 0.0811. The monoisotopic (exact) mass is 363 g/mol. The van der Waals surface area contributed by atoms with E-state index in [2.05, 4.69) is 17.4 Å². The summed E-state index contributed by atoms with van der Waals surface area (Å²) in [6.45, 7) is 2.25. The number of hydrogen-bond donors (Lipinski definition) is 1. The van der Waals surface area contributed by atoms with Gasteiger partial charge in [-0.2, -0.15) is 0 Å². The van der Waals surface area contributed by atoms with Crippen LogP contribution in [0.4, 0.5) is 4.39 Å². The maximum Gasteiger partial charge on any atom is 0.151 e. The van der Waals surface area contributed by atoms with E-state index in [-0.39, 0.29) is 18.0 Å². The fourth-order valence-electron chi connectivity index (χ4n) is 3.36. The van der Waals surface area contributed by atoms with Crippen LogP contribution in [0.5, 0.6) is 5.75 Å². The molecule has 4 rings (SSSR count). The van der Waals surface area contributed by atoms with Crippen LogP contribution >= 0.6 is 0 Å². The molecule has 1 aliphatic rings. The van der Waals surface area contributed by atoms with Crippen molar-refractivity contribution in [2.24, 2.45) is 0 Å². The van der Waals surface area contributed by atoms with Crippen molar-refractivity contribution in [3.63, 3.8) is 0 Å². The number of rotatable bonds is 5. The van der Waals surface area contributed by atoms with Gasteiger partial charge in [-0.25, -0.2) is 4.39 Å². The number of halogens is 1. The largest absolute Gasteiger partial charge is 0.482 e. The van der Waals surface area contributed by atoms with Gasteiger partial charge >= 0.3 is 0 Å². The number of para-hydroxylation sites is 1. The van der Waals surface area contributed by atoms with Crippen molar-refractivity contribution < 1.29 is 13.9 Å². The van der Waals surface area contributed by atoms with E-state index in [0.717, 1.165) is 35.5 Å². The van der Waals surface area contributed by atoms with Gasteiger partial charge in [0, 0.05) is 18.7 Å². The molecule has 2 atom stereocenters. The van der Waals surface area contributed by atoms with Crippen LogP contribution < -0.4 is 10.1 Å². The summed E-state index contributed by atoms with van der Waals surface area (Å²) in [6, 6.07) is 24.5. The van der Waals surface area contributed by atoms with Crippen molar-refractivity contribution in [1.82, 2.24) is 5.32 Å². The van der Waals surface area contributed by atoms with Gasteiger partial charge in [0.05, 0.1) is 6.61 Å². The highest BCUT2D eigenvalue weighted by Crippen LogP contribution is 2.35. The summed E-state index contributed by atoms with van der Waals surface area (Å²) < 4.78 is 25.8. The Bertz CT molecular complexity index is 861. The maximum absolute atomic E-state index is 13.3. The van der Waals surface area contributed by atoms with Crippen molar-refractivity contribution >= 4 is 0 Å². The van der Waals surface area contributed by atoms with E-state index < -0.39 is 0 Å². The molecule has 0 aromatic heterocycles. The highest BCUT2D eigenvalue weighted by molar-refractivity contribution is 5.70. The third kappa shape index (κ3) is 4.18. The Balaban J connectivity index is 1.68. The molecule has 1 aliphatic heterocycles. The zero-order valence-electron chi connectivity index (χ0n) is 15.0. The molecule has 0 saturated carbocycles. The maximum atomic E-state index is 13.3. The average molecular weight is 363 g/mol. The lowest BCUT2D eigenvalue weighted by Crippen LogP contribution is -2.43. The van der Waals surface area contributed by atoms with Gasteiger partial charge in [0.25, 0.3) is 0 Å². The van der Waals surface area contributed by atoms with Gasteiger partial charge in [-0.1, -0.05) is 60.7 Å². The first kappa shape index (κ1) is 17.7. The van der Waals surface area contributed by atoms with Crippen LogP contribution in [0.2, 0.25) is 0 Å². The zero-order chi connectivity index (χ0) is 18.5. The van der Waals surface area contributed by atoms with E-state index in [1.165, 1.54) is 12.1 Å². The van der Waals surface area contributed by atoms with E-state index >= 15 is 0 Å². The number of benzene rings is 3. The molecule has 138 valence electrons. The molecule has 27 heavy (non-hydrogen) atoms. The van der Waals surface area contributed by atoms with Gasteiger partial charge in [0.1, 0.15) is 17.7 Å². The molecule has 1 heterocycles. The minimum atomic E-state index is -0.249. The molecule has 1 fully saturated rings. The van der Waals surface area contributed by atoms with Crippen LogP contribution in [0, 0.1) is 5.82 Å². The lowest BCUT2D eigenvalue weighted by atomic mass is 10.0. The topological polar surface area (TPSA) is 30.5 Å². The molecule has 3 aromatic rings. The Morgan fingerprint density at radius 1 is 0.926 bits per heavy atom. The first-order chi connectivity index (χ1) is 13.3. The molecule has 1 saturated heterocycles. The Morgan fingerprint density at radius 3 is 2.41 bits per heavy atom. The fraction of sp³-hybridized carbons (Fsp3) is 0.217. The van der Waals surface area contributed by atoms with Crippen LogP contribution in [0.1, 0.15) is 11.7 Å². The number of morpholine rings is 1. The van der Waals surface area contributed by atoms with Gasteiger partial charge in [-0.05, 0) is 29.3 Å². The summed E-state index contributed by atoms with van der Waals surface area (Å²) in [7, 11) is 0. The third-order valence-corrected chi connectivity index (χ3v) is 4.72. The van der Waals surface area contributed by atoms with Crippen LogP contribution in [-0.4, -0.2) is 25.8 Å². The quantitative estimate of drug-likeness (QED) is 0.719. The second kappa shape index (κ2) is 8.33. The minimum Gasteiger partial charge on any atom is -0.482 e. The zero-order valence-corrected chi connectivity index (χ0v) is 15.0. The standard InChI is InChI=1S/C23H22FNO2/c24-19-12-10-17(11-13-19)20-8-4-5-9-21(20)27-23(18-6-2-1-3-7-18)22-16-25-14-15-26-22/h1-13,22-23,25H,14-16H2/t22-,23?/m0/s1. The lowest BCUT2D eigenvalue weighted by Gasteiger charge is -2.32. The first-order valence-corrected chi connectivity index (χ1v) is 9.20. The highest BCUT2D eigenvalue weighted by atomic mass is 19.1. The first-order valence-electron chi connectivity index (χ1n) is 9.20. The van der Waals surface area contributed by atoms with Gasteiger partial charge in [0.15, 0.2) is 6.10 Å². The van der Waals surface area contributed by atoms with E-state index in [1.54, 1.807) is 12.1 Å². The van der Waals surface area contributed by atoms with E-state index in [0.29, 0.717) is 6.61 Å². The predicted octanol–water partition coefficient (Wildman–Crippen LogP) is 4.60. The van der Waals surface area contributed by atoms with Crippen molar-refractivity contribution in [1.29, 1.82) is 0 Å². The van der Waals surface area contributed by atoms with Gasteiger partial charge in [-0.3, -0.25) is 0 Å². The molecular formula is C23H22FNO2. The molecule has 0 amide bonds. The molecule has 0 aliphatic carbocycles.